The average molecular weight is 487 g/mol. The van der Waals surface area contributed by atoms with Crippen molar-refractivity contribution in [3.05, 3.63) is 92.7 Å². The van der Waals surface area contributed by atoms with E-state index in [1.807, 2.05) is 60.7 Å². The highest BCUT2D eigenvalue weighted by Gasteiger charge is 2.13. The van der Waals surface area contributed by atoms with Crippen molar-refractivity contribution < 1.29 is 9.47 Å². The van der Waals surface area contributed by atoms with Crippen molar-refractivity contribution in [1.82, 2.24) is 14.9 Å². The minimum atomic E-state index is 0.343. The average Bonchev–Trinajstić information content (AvgIpc) is 3.18. The molecule has 0 unspecified atom stereocenters. The summed E-state index contributed by atoms with van der Waals surface area (Å²) in [5.74, 6) is 1.80. The molecule has 0 saturated heterocycles. The zero-order valence-electron chi connectivity index (χ0n) is 17.1. The van der Waals surface area contributed by atoms with Gasteiger partial charge in [0.1, 0.15) is 6.61 Å². The molecular formula is C23H20Cl2N4O2S. The molecule has 0 aliphatic rings. The molecule has 1 aromatic heterocycles. The zero-order valence-corrected chi connectivity index (χ0v) is 19.5. The first kappa shape index (κ1) is 22.2. The summed E-state index contributed by atoms with van der Waals surface area (Å²) in [6.07, 6.45) is 0. The van der Waals surface area contributed by atoms with Crippen molar-refractivity contribution in [1.29, 1.82) is 0 Å². The smallest absolute Gasteiger partial charge is 0.214 e. The second-order valence-electron chi connectivity index (χ2n) is 6.90. The van der Waals surface area contributed by atoms with Gasteiger partial charge in [-0.05, 0) is 41.5 Å². The van der Waals surface area contributed by atoms with Crippen molar-refractivity contribution in [3.8, 4) is 22.9 Å². The molecule has 9 heteroatoms. The topological polar surface area (TPSA) is 64.1 Å². The lowest BCUT2D eigenvalue weighted by Gasteiger charge is -2.15. The number of ether oxygens (including phenoxy) is 2. The molecule has 4 rings (SSSR count). The quantitative estimate of drug-likeness (QED) is 0.288. The summed E-state index contributed by atoms with van der Waals surface area (Å²) in [4.78, 5) is 0. The second-order valence-corrected chi connectivity index (χ2v) is 8.13. The van der Waals surface area contributed by atoms with Crippen molar-refractivity contribution in [2.24, 2.45) is 0 Å². The Bertz CT molecular complexity index is 1270. The SMILES string of the molecule is COc1cc(CNn2c(-c3ccccc3)n[nH]c2=S)c(Cl)cc1OCc1cccc(Cl)c1. The van der Waals surface area contributed by atoms with Gasteiger partial charge in [-0.25, -0.2) is 9.77 Å². The molecule has 0 fully saturated rings. The van der Waals surface area contributed by atoms with E-state index in [9.17, 15) is 0 Å². The lowest BCUT2D eigenvalue weighted by atomic mass is 10.2. The summed E-state index contributed by atoms with van der Waals surface area (Å²) in [6, 6.07) is 20.8. The van der Waals surface area contributed by atoms with Crippen molar-refractivity contribution in [2.75, 3.05) is 12.5 Å². The van der Waals surface area contributed by atoms with E-state index in [0.29, 0.717) is 45.3 Å². The molecule has 3 aromatic carbocycles. The third-order valence-corrected chi connectivity index (χ3v) is 5.61. The number of nitrogens with one attached hydrogen (secondary N) is 2. The lowest BCUT2D eigenvalue weighted by Crippen LogP contribution is -2.16. The van der Waals surface area contributed by atoms with Gasteiger partial charge in [0.15, 0.2) is 17.3 Å². The van der Waals surface area contributed by atoms with Crippen LogP contribution in [0.1, 0.15) is 11.1 Å². The highest BCUT2D eigenvalue weighted by Crippen LogP contribution is 2.34. The number of aromatic nitrogens is 3. The Hall–Kier alpha value is -3.00. The van der Waals surface area contributed by atoms with Crippen LogP contribution in [0.2, 0.25) is 10.0 Å². The van der Waals surface area contributed by atoms with E-state index in [0.717, 1.165) is 16.7 Å². The lowest BCUT2D eigenvalue weighted by molar-refractivity contribution is 0.284. The second kappa shape index (κ2) is 10.1. The van der Waals surface area contributed by atoms with E-state index in [2.05, 4.69) is 15.6 Å². The molecule has 32 heavy (non-hydrogen) atoms. The van der Waals surface area contributed by atoms with Crippen LogP contribution in [0.5, 0.6) is 11.5 Å². The first-order chi connectivity index (χ1) is 15.5. The third kappa shape index (κ3) is 5.07. The van der Waals surface area contributed by atoms with Crippen LogP contribution in [0.3, 0.4) is 0 Å². The van der Waals surface area contributed by atoms with Crippen molar-refractivity contribution >= 4 is 35.4 Å². The van der Waals surface area contributed by atoms with E-state index < -0.39 is 0 Å². The van der Waals surface area contributed by atoms with Crippen LogP contribution >= 0.6 is 35.4 Å². The van der Waals surface area contributed by atoms with Gasteiger partial charge in [-0.1, -0.05) is 65.7 Å². The fraction of sp³-hybridized carbons (Fsp3) is 0.130. The molecule has 164 valence electrons. The molecule has 0 saturated carbocycles. The third-order valence-electron chi connectivity index (χ3n) is 4.75. The Labute approximate surface area is 200 Å². The van der Waals surface area contributed by atoms with Gasteiger partial charge < -0.3 is 14.9 Å². The number of rotatable bonds is 8. The van der Waals surface area contributed by atoms with Gasteiger partial charge in [-0.15, -0.1) is 0 Å². The molecule has 0 aliphatic heterocycles. The summed E-state index contributed by atoms with van der Waals surface area (Å²) in [5.41, 5.74) is 5.98. The number of methoxy groups -OCH3 is 1. The Morgan fingerprint density at radius 2 is 1.84 bits per heavy atom. The van der Waals surface area contributed by atoms with Gasteiger partial charge in [-0.3, -0.25) is 0 Å². The number of H-pyrrole nitrogens is 1. The number of halogens is 2. The molecule has 0 aliphatic carbocycles. The van der Waals surface area contributed by atoms with Crippen LogP contribution in [-0.4, -0.2) is 22.0 Å². The summed E-state index contributed by atoms with van der Waals surface area (Å²) in [7, 11) is 1.59. The Morgan fingerprint density at radius 1 is 1.03 bits per heavy atom. The molecule has 1 heterocycles. The van der Waals surface area contributed by atoms with E-state index >= 15 is 0 Å². The van der Waals surface area contributed by atoms with Crippen LogP contribution in [0, 0.1) is 4.77 Å². The van der Waals surface area contributed by atoms with Crippen LogP contribution < -0.4 is 14.9 Å². The predicted molar refractivity (Wildman–Crippen MR) is 130 cm³/mol. The molecule has 0 spiro atoms. The summed E-state index contributed by atoms with van der Waals surface area (Å²) >= 11 is 18.0. The predicted octanol–water partition coefficient (Wildman–Crippen LogP) is 6.25. The first-order valence-corrected chi connectivity index (χ1v) is 10.9. The number of benzene rings is 3. The van der Waals surface area contributed by atoms with E-state index in [-0.39, 0.29) is 0 Å². The Balaban J connectivity index is 1.52. The van der Waals surface area contributed by atoms with E-state index in [4.69, 9.17) is 44.9 Å². The molecule has 0 radical (unpaired) electrons. The highest BCUT2D eigenvalue weighted by molar-refractivity contribution is 7.71. The van der Waals surface area contributed by atoms with Crippen LogP contribution in [0.4, 0.5) is 0 Å². The normalized spacial score (nSPS) is 10.7. The van der Waals surface area contributed by atoms with Crippen molar-refractivity contribution in [2.45, 2.75) is 13.2 Å². The molecule has 0 bridgehead atoms. The van der Waals surface area contributed by atoms with Gasteiger partial charge in [-0.2, -0.15) is 5.10 Å². The van der Waals surface area contributed by atoms with E-state index in [1.54, 1.807) is 17.9 Å². The minimum absolute atomic E-state index is 0.343. The van der Waals surface area contributed by atoms with Crippen LogP contribution in [-0.2, 0) is 13.2 Å². The maximum atomic E-state index is 6.55. The van der Waals surface area contributed by atoms with Gasteiger partial charge in [0.2, 0.25) is 4.77 Å². The number of aromatic amines is 1. The molecule has 2 N–H and O–H groups in total. The highest BCUT2D eigenvalue weighted by atomic mass is 35.5. The van der Waals surface area contributed by atoms with Crippen LogP contribution in [0.15, 0.2) is 66.7 Å². The number of nitrogens with zero attached hydrogens (tertiary/aromatic N) is 2. The maximum Gasteiger partial charge on any atom is 0.214 e. The first-order valence-electron chi connectivity index (χ1n) is 9.75. The van der Waals surface area contributed by atoms with Gasteiger partial charge in [0.25, 0.3) is 0 Å². The van der Waals surface area contributed by atoms with Gasteiger partial charge in [0, 0.05) is 21.7 Å². The monoisotopic (exact) mass is 486 g/mol. The summed E-state index contributed by atoms with van der Waals surface area (Å²) in [5, 5.41) is 8.34. The molecule has 6 nitrogen and oxygen atoms in total. The largest absolute Gasteiger partial charge is 0.493 e. The van der Waals surface area contributed by atoms with Gasteiger partial charge in [0.05, 0.1) is 13.7 Å². The molecule has 4 aromatic rings. The zero-order chi connectivity index (χ0) is 22.5. The van der Waals surface area contributed by atoms with Gasteiger partial charge >= 0.3 is 0 Å². The fourth-order valence-electron chi connectivity index (χ4n) is 3.16. The minimum Gasteiger partial charge on any atom is -0.493 e. The Kier molecular flexibility index (Phi) is 6.99. The van der Waals surface area contributed by atoms with E-state index in [1.165, 1.54) is 0 Å². The summed E-state index contributed by atoms with van der Waals surface area (Å²) < 4.78 is 13.6. The van der Waals surface area contributed by atoms with Crippen molar-refractivity contribution in [3.63, 3.8) is 0 Å². The Morgan fingerprint density at radius 3 is 2.59 bits per heavy atom. The fourth-order valence-corrected chi connectivity index (χ4v) is 3.79. The number of hydrogen-bond donors (Lipinski definition) is 2. The molecule has 0 atom stereocenters. The molecular weight excluding hydrogens is 467 g/mol. The number of hydrogen-bond acceptors (Lipinski definition) is 5. The standard InChI is InChI=1S/C23H20Cl2N4O2S/c1-30-20-11-17(19(25)12-21(20)31-14-15-6-5-9-18(24)10-15)13-26-29-22(27-28-23(29)32)16-7-3-2-4-8-16/h2-12,26H,13-14H2,1H3,(H,28,32). The molecule has 0 amide bonds. The maximum absolute atomic E-state index is 6.55. The summed E-state index contributed by atoms with van der Waals surface area (Å²) in [6.45, 7) is 0.743. The van der Waals surface area contributed by atoms with Crippen LogP contribution in [0.25, 0.3) is 11.4 Å².